The average molecular weight is 362 g/mol. The summed E-state index contributed by atoms with van der Waals surface area (Å²) in [6.07, 6.45) is -3.83. The summed E-state index contributed by atoms with van der Waals surface area (Å²) in [6, 6.07) is 0. The number of rotatable bonds is 6. The molecule has 0 bridgehead atoms. The summed E-state index contributed by atoms with van der Waals surface area (Å²) in [5.41, 5.74) is 0. The van der Waals surface area contributed by atoms with E-state index in [2.05, 4.69) is 4.74 Å². The smallest absolute Gasteiger partial charge is 0.366 e. The monoisotopic (exact) mass is 362 g/mol. The topological polar surface area (TPSA) is 135 Å². The van der Waals surface area contributed by atoms with Crippen LogP contribution in [-0.4, -0.2) is 66.8 Å². The fraction of sp³-hybridized carbons (Fsp3) is 0.733. The van der Waals surface area contributed by atoms with Gasteiger partial charge in [0.15, 0.2) is 6.10 Å². The highest BCUT2D eigenvalue weighted by molar-refractivity contribution is 5.78. The molecule has 25 heavy (non-hydrogen) atoms. The van der Waals surface area contributed by atoms with Gasteiger partial charge in [-0.1, -0.05) is 0 Å². The molecular weight excluding hydrogens is 340 g/mol. The second kappa shape index (κ2) is 8.77. The van der Waals surface area contributed by atoms with Gasteiger partial charge in [0.25, 0.3) is 5.79 Å². The van der Waals surface area contributed by atoms with E-state index in [0.29, 0.717) is 0 Å². The lowest BCUT2D eigenvalue weighted by Gasteiger charge is -2.43. The van der Waals surface area contributed by atoms with Gasteiger partial charge in [0, 0.05) is 27.2 Å². The molecule has 10 heteroatoms. The van der Waals surface area contributed by atoms with Crippen molar-refractivity contribution in [2.24, 2.45) is 0 Å². The molecule has 1 unspecified atom stereocenters. The zero-order chi connectivity index (χ0) is 19.2. The zero-order valence-corrected chi connectivity index (χ0v) is 14.5. The van der Waals surface area contributed by atoms with Crippen molar-refractivity contribution in [3.8, 4) is 0 Å². The molecule has 1 aliphatic heterocycles. The van der Waals surface area contributed by atoms with Crippen molar-refractivity contribution in [2.45, 2.75) is 57.7 Å². The molecule has 0 aromatic heterocycles. The van der Waals surface area contributed by atoms with Gasteiger partial charge in [-0.25, -0.2) is 4.79 Å². The maximum absolute atomic E-state index is 11.8. The van der Waals surface area contributed by atoms with E-state index in [4.69, 9.17) is 18.9 Å². The Morgan fingerprint density at radius 2 is 1.68 bits per heavy atom. The maximum atomic E-state index is 11.8. The molecule has 1 N–H and O–H groups in total. The second-order valence-corrected chi connectivity index (χ2v) is 5.49. The van der Waals surface area contributed by atoms with Gasteiger partial charge in [-0.3, -0.25) is 14.4 Å². The van der Waals surface area contributed by atoms with Crippen LogP contribution in [0.5, 0.6) is 0 Å². The van der Waals surface area contributed by atoms with Crippen molar-refractivity contribution in [1.82, 2.24) is 0 Å². The number of hydrogen-bond acceptors (Lipinski definition) is 10. The number of carbonyl (C=O) groups excluding carboxylic acids is 4. The Bertz CT molecular complexity index is 530. The largest absolute Gasteiger partial charge is 0.466 e. The Labute approximate surface area is 144 Å². The molecule has 0 aromatic carbocycles. The zero-order valence-electron chi connectivity index (χ0n) is 14.5. The number of carbonyl (C=O) groups is 4. The van der Waals surface area contributed by atoms with Crippen molar-refractivity contribution in [3.05, 3.63) is 0 Å². The molecular formula is C15H22O10. The summed E-state index contributed by atoms with van der Waals surface area (Å²) in [5.74, 6) is -5.41. The lowest BCUT2D eigenvalue weighted by molar-refractivity contribution is -0.300. The molecule has 142 valence electrons. The van der Waals surface area contributed by atoms with E-state index in [1.165, 1.54) is 6.92 Å². The van der Waals surface area contributed by atoms with Gasteiger partial charge in [0.2, 0.25) is 0 Å². The highest BCUT2D eigenvalue weighted by Gasteiger charge is 2.54. The van der Waals surface area contributed by atoms with Crippen LogP contribution in [0, 0.1) is 0 Å². The summed E-state index contributed by atoms with van der Waals surface area (Å²) >= 11 is 0. The first-order valence-corrected chi connectivity index (χ1v) is 7.55. The molecule has 1 saturated heterocycles. The van der Waals surface area contributed by atoms with Crippen molar-refractivity contribution in [1.29, 1.82) is 0 Å². The molecule has 0 saturated carbocycles. The van der Waals surface area contributed by atoms with Gasteiger partial charge in [0.1, 0.15) is 12.2 Å². The molecule has 0 spiro atoms. The van der Waals surface area contributed by atoms with E-state index in [1.54, 1.807) is 0 Å². The van der Waals surface area contributed by atoms with Crippen LogP contribution in [0.4, 0.5) is 0 Å². The number of ether oxygens (including phenoxy) is 5. The third kappa shape index (κ3) is 5.98. The number of aliphatic hydroxyl groups is 1. The van der Waals surface area contributed by atoms with Gasteiger partial charge in [0.05, 0.1) is 20.1 Å². The number of hydrogen-bond donors (Lipinski definition) is 1. The minimum Gasteiger partial charge on any atom is -0.466 e. The van der Waals surface area contributed by atoms with Crippen LogP contribution in [0.2, 0.25) is 0 Å². The van der Waals surface area contributed by atoms with E-state index in [9.17, 15) is 24.3 Å². The molecule has 10 nitrogen and oxygen atoms in total. The summed E-state index contributed by atoms with van der Waals surface area (Å²) in [5, 5.41) is 10.4. The van der Waals surface area contributed by atoms with Gasteiger partial charge in [-0.2, -0.15) is 0 Å². The van der Waals surface area contributed by atoms with Crippen molar-refractivity contribution < 1.29 is 48.0 Å². The first-order valence-electron chi connectivity index (χ1n) is 7.55. The van der Waals surface area contributed by atoms with Gasteiger partial charge in [-0.15, -0.1) is 0 Å². The van der Waals surface area contributed by atoms with Crippen molar-refractivity contribution >= 4 is 23.9 Å². The Morgan fingerprint density at radius 1 is 1.08 bits per heavy atom. The molecule has 0 aromatic rings. The van der Waals surface area contributed by atoms with Gasteiger partial charge < -0.3 is 28.8 Å². The first-order chi connectivity index (χ1) is 11.6. The first kappa shape index (κ1) is 20.8. The standard InChI is InChI=1S/C15H22O10/c1-8(16)22-6-5-11-13(24-10(3)18)12(23-9(2)17)7-15(20,25-11)14(19)21-4/h11-13,20H,5-7H2,1-4H3/t11?,12-,13+,15-/m1/s1. The number of methoxy groups -OCH3 is 1. The van der Waals surface area contributed by atoms with Crippen LogP contribution in [0.3, 0.4) is 0 Å². The predicted octanol–water partition coefficient (Wildman–Crippen LogP) is -0.546. The lowest BCUT2D eigenvalue weighted by atomic mass is 9.93. The van der Waals surface area contributed by atoms with Crippen molar-refractivity contribution in [2.75, 3.05) is 13.7 Å². The fourth-order valence-corrected chi connectivity index (χ4v) is 2.49. The van der Waals surface area contributed by atoms with E-state index >= 15 is 0 Å². The van der Waals surface area contributed by atoms with E-state index in [-0.39, 0.29) is 13.0 Å². The van der Waals surface area contributed by atoms with Crippen LogP contribution in [0.1, 0.15) is 33.6 Å². The molecule has 0 amide bonds. The van der Waals surface area contributed by atoms with E-state index < -0.39 is 54.4 Å². The van der Waals surface area contributed by atoms with Crippen LogP contribution >= 0.6 is 0 Å². The molecule has 1 fully saturated rings. The lowest BCUT2D eigenvalue weighted by Crippen LogP contribution is -2.60. The van der Waals surface area contributed by atoms with Gasteiger partial charge >= 0.3 is 23.9 Å². The molecule has 1 aliphatic rings. The molecule has 1 rings (SSSR count). The Kier molecular flexibility index (Phi) is 7.31. The second-order valence-electron chi connectivity index (χ2n) is 5.49. The molecule has 0 radical (unpaired) electrons. The minimum absolute atomic E-state index is 0.0193. The fourth-order valence-electron chi connectivity index (χ4n) is 2.49. The SMILES string of the molecule is COC(=O)[C@@]1(O)C[C@@H](OC(C)=O)[C@@H](OC(C)=O)C(CCOC(C)=O)O1. The van der Waals surface area contributed by atoms with Gasteiger partial charge in [-0.05, 0) is 0 Å². The quantitative estimate of drug-likeness (QED) is 0.484. The van der Waals surface area contributed by atoms with Crippen molar-refractivity contribution in [3.63, 3.8) is 0 Å². The summed E-state index contributed by atoms with van der Waals surface area (Å²) in [6.45, 7) is 3.36. The summed E-state index contributed by atoms with van der Waals surface area (Å²) in [4.78, 5) is 45.4. The van der Waals surface area contributed by atoms with E-state index in [0.717, 1.165) is 21.0 Å². The Balaban J connectivity index is 3.08. The number of esters is 4. The Hall–Kier alpha value is -2.20. The normalized spacial score (nSPS) is 28.6. The van der Waals surface area contributed by atoms with Crippen LogP contribution in [0.15, 0.2) is 0 Å². The molecule has 1 heterocycles. The third-order valence-electron chi connectivity index (χ3n) is 3.39. The third-order valence-corrected chi connectivity index (χ3v) is 3.39. The predicted molar refractivity (Wildman–Crippen MR) is 78.8 cm³/mol. The molecule has 0 aliphatic carbocycles. The summed E-state index contributed by atoms with van der Waals surface area (Å²) in [7, 11) is 1.05. The summed E-state index contributed by atoms with van der Waals surface area (Å²) < 4.78 is 24.9. The average Bonchev–Trinajstić information content (AvgIpc) is 2.48. The van der Waals surface area contributed by atoms with Crippen LogP contribution in [-0.2, 0) is 42.9 Å². The van der Waals surface area contributed by atoms with E-state index in [1.807, 2.05) is 0 Å². The van der Waals surface area contributed by atoms with Crippen LogP contribution in [0.25, 0.3) is 0 Å². The minimum atomic E-state index is -2.40. The highest BCUT2D eigenvalue weighted by Crippen LogP contribution is 2.33. The molecule has 4 atom stereocenters. The highest BCUT2D eigenvalue weighted by atomic mass is 16.7. The Morgan fingerprint density at radius 3 is 2.16 bits per heavy atom. The van der Waals surface area contributed by atoms with Crippen LogP contribution < -0.4 is 0 Å². The maximum Gasteiger partial charge on any atom is 0.366 e.